The molecule has 0 amide bonds. The molecule has 1 heterocycles. The SMILES string of the molecule is NC(CCSCc1ncc(-c2cccc(Cl)c2)o1)C(=O)O. The molecule has 0 fully saturated rings. The molecule has 112 valence electrons. The summed E-state index contributed by atoms with van der Waals surface area (Å²) >= 11 is 7.47. The van der Waals surface area contributed by atoms with Crippen molar-refractivity contribution < 1.29 is 14.3 Å². The van der Waals surface area contributed by atoms with Gasteiger partial charge in [-0.25, -0.2) is 4.98 Å². The van der Waals surface area contributed by atoms with E-state index in [1.807, 2.05) is 18.2 Å². The first-order chi connectivity index (χ1) is 10.1. The van der Waals surface area contributed by atoms with E-state index in [0.29, 0.717) is 34.6 Å². The molecule has 2 aromatic rings. The highest BCUT2D eigenvalue weighted by Crippen LogP contribution is 2.24. The fourth-order valence-corrected chi connectivity index (χ4v) is 2.71. The van der Waals surface area contributed by atoms with Crippen LogP contribution in [0.4, 0.5) is 0 Å². The van der Waals surface area contributed by atoms with E-state index < -0.39 is 12.0 Å². The van der Waals surface area contributed by atoms with Crippen LogP contribution in [-0.2, 0) is 10.5 Å². The van der Waals surface area contributed by atoms with Gasteiger partial charge in [-0.2, -0.15) is 11.8 Å². The molecule has 1 aromatic carbocycles. The number of hydrogen-bond acceptors (Lipinski definition) is 5. The minimum Gasteiger partial charge on any atom is -0.480 e. The zero-order valence-electron chi connectivity index (χ0n) is 11.2. The molecule has 0 bridgehead atoms. The highest BCUT2D eigenvalue weighted by molar-refractivity contribution is 7.98. The number of nitrogens with two attached hydrogens (primary N) is 1. The molecule has 0 aliphatic rings. The van der Waals surface area contributed by atoms with Crippen LogP contribution in [0.25, 0.3) is 11.3 Å². The fraction of sp³-hybridized carbons (Fsp3) is 0.286. The van der Waals surface area contributed by atoms with E-state index >= 15 is 0 Å². The predicted molar refractivity (Wildman–Crippen MR) is 83.3 cm³/mol. The van der Waals surface area contributed by atoms with Crippen molar-refractivity contribution >= 4 is 29.3 Å². The molecule has 1 aromatic heterocycles. The number of benzene rings is 1. The third-order valence-corrected chi connectivity index (χ3v) is 3.99. The molecular formula is C14H15ClN2O3S. The van der Waals surface area contributed by atoms with Crippen LogP contribution in [0.2, 0.25) is 5.02 Å². The normalized spacial score (nSPS) is 12.3. The Labute approximate surface area is 131 Å². The van der Waals surface area contributed by atoms with Crippen LogP contribution in [0.5, 0.6) is 0 Å². The number of rotatable bonds is 7. The number of carbonyl (C=O) groups is 1. The Balaban J connectivity index is 1.85. The number of oxazole rings is 1. The molecule has 2 rings (SSSR count). The van der Waals surface area contributed by atoms with Crippen LogP contribution in [0, 0.1) is 0 Å². The monoisotopic (exact) mass is 326 g/mol. The maximum atomic E-state index is 10.6. The molecule has 1 unspecified atom stereocenters. The molecule has 0 radical (unpaired) electrons. The number of thioether (sulfide) groups is 1. The molecular weight excluding hydrogens is 312 g/mol. The van der Waals surface area contributed by atoms with Crippen LogP contribution >= 0.6 is 23.4 Å². The number of hydrogen-bond donors (Lipinski definition) is 2. The zero-order valence-corrected chi connectivity index (χ0v) is 12.7. The van der Waals surface area contributed by atoms with Gasteiger partial charge in [0.05, 0.1) is 11.9 Å². The van der Waals surface area contributed by atoms with Gasteiger partial charge in [0, 0.05) is 10.6 Å². The minimum absolute atomic E-state index is 0.419. The Hall–Kier alpha value is -1.50. The third-order valence-electron chi connectivity index (χ3n) is 2.78. The van der Waals surface area contributed by atoms with Gasteiger partial charge < -0.3 is 15.3 Å². The summed E-state index contributed by atoms with van der Waals surface area (Å²) in [4.78, 5) is 14.8. The summed E-state index contributed by atoms with van der Waals surface area (Å²) in [7, 11) is 0. The highest BCUT2D eigenvalue weighted by atomic mass is 35.5. The lowest BCUT2D eigenvalue weighted by Crippen LogP contribution is -2.30. The lowest BCUT2D eigenvalue weighted by molar-refractivity contribution is -0.138. The van der Waals surface area contributed by atoms with Crippen LogP contribution < -0.4 is 5.73 Å². The largest absolute Gasteiger partial charge is 0.480 e. The van der Waals surface area contributed by atoms with Gasteiger partial charge in [-0.15, -0.1) is 0 Å². The minimum atomic E-state index is -0.977. The highest BCUT2D eigenvalue weighted by Gasteiger charge is 2.11. The van der Waals surface area contributed by atoms with Gasteiger partial charge in [0.15, 0.2) is 5.76 Å². The molecule has 0 aliphatic heterocycles. The molecule has 0 saturated carbocycles. The Kier molecular flexibility index (Phi) is 5.67. The summed E-state index contributed by atoms with van der Waals surface area (Å²) in [5.41, 5.74) is 6.30. The average molecular weight is 327 g/mol. The van der Waals surface area contributed by atoms with E-state index in [1.165, 1.54) is 11.8 Å². The second-order valence-electron chi connectivity index (χ2n) is 4.41. The van der Waals surface area contributed by atoms with Crippen LogP contribution in [0.3, 0.4) is 0 Å². The van der Waals surface area contributed by atoms with E-state index in [9.17, 15) is 4.79 Å². The second-order valence-corrected chi connectivity index (χ2v) is 5.96. The molecule has 21 heavy (non-hydrogen) atoms. The maximum absolute atomic E-state index is 10.6. The first kappa shape index (κ1) is 15.9. The van der Waals surface area contributed by atoms with Gasteiger partial charge in [-0.05, 0) is 24.3 Å². The van der Waals surface area contributed by atoms with Gasteiger partial charge in [-0.1, -0.05) is 23.7 Å². The van der Waals surface area contributed by atoms with Crippen molar-refractivity contribution in [1.29, 1.82) is 0 Å². The summed E-state index contributed by atoms with van der Waals surface area (Å²) in [6, 6.07) is 6.54. The van der Waals surface area contributed by atoms with Crippen LogP contribution in [0.15, 0.2) is 34.9 Å². The zero-order chi connectivity index (χ0) is 15.2. The first-order valence-electron chi connectivity index (χ1n) is 6.33. The van der Waals surface area contributed by atoms with E-state index in [-0.39, 0.29) is 0 Å². The van der Waals surface area contributed by atoms with Gasteiger partial charge >= 0.3 is 5.97 Å². The predicted octanol–water partition coefficient (Wildman–Crippen LogP) is 3.03. The maximum Gasteiger partial charge on any atom is 0.320 e. The Morgan fingerprint density at radius 1 is 1.52 bits per heavy atom. The molecule has 0 aliphatic carbocycles. The summed E-state index contributed by atoms with van der Waals surface area (Å²) in [6.45, 7) is 0. The third kappa shape index (κ3) is 4.77. The number of aromatic nitrogens is 1. The van der Waals surface area contributed by atoms with Gasteiger partial charge in [0.1, 0.15) is 6.04 Å². The molecule has 7 heteroatoms. The summed E-state index contributed by atoms with van der Waals surface area (Å²) in [5, 5.41) is 9.32. The lowest BCUT2D eigenvalue weighted by Gasteiger charge is -2.04. The Morgan fingerprint density at radius 2 is 2.33 bits per heavy atom. The van der Waals surface area contributed by atoms with Crippen molar-refractivity contribution in [2.45, 2.75) is 18.2 Å². The number of aliphatic carboxylic acids is 1. The average Bonchev–Trinajstić information content (AvgIpc) is 2.92. The van der Waals surface area contributed by atoms with E-state index in [2.05, 4.69) is 4.98 Å². The number of nitrogens with zero attached hydrogens (tertiary/aromatic N) is 1. The topological polar surface area (TPSA) is 89.4 Å². The molecule has 3 N–H and O–H groups in total. The van der Waals surface area contributed by atoms with Crippen molar-refractivity contribution in [3.8, 4) is 11.3 Å². The summed E-state index contributed by atoms with van der Waals surface area (Å²) in [5.74, 6) is 1.50. The Morgan fingerprint density at radius 3 is 3.05 bits per heavy atom. The molecule has 5 nitrogen and oxygen atoms in total. The quantitative estimate of drug-likeness (QED) is 0.760. The summed E-state index contributed by atoms with van der Waals surface area (Å²) < 4.78 is 5.64. The van der Waals surface area contributed by atoms with E-state index in [4.69, 9.17) is 26.9 Å². The fourth-order valence-electron chi connectivity index (χ4n) is 1.65. The van der Waals surface area contributed by atoms with Gasteiger partial charge in [0.2, 0.25) is 5.89 Å². The van der Waals surface area contributed by atoms with Crippen molar-refractivity contribution in [2.24, 2.45) is 5.73 Å². The lowest BCUT2D eigenvalue weighted by atomic mass is 10.2. The number of carboxylic acids is 1. The first-order valence-corrected chi connectivity index (χ1v) is 7.86. The van der Waals surface area contributed by atoms with Gasteiger partial charge in [-0.3, -0.25) is 4.79 Å². The van der Waals surface area contributed by atoms with Crippen molar-refractivity contribution in [3.63, 3.8) is 0 Å². The number of carboxylic acid groups (broad SMARTS) is 1. The molecule has 1 atom stereocenters. The number of halogens is 1. The molecule has 0 saturated heterocycles. The van der Waals surface area contributed by atoms with Crippen molar-refractivity contribution in [1.82, 2.24) is 4.98 Å². The van der Waals surface area contributed by atoms with Crippen LogP contribution in [0.1, 0.15) is 12.3 Å². The standard InChI is InChI=1S/C14H15ClN2O3S/c15-10-3-1-2-9(6-10)12-7-17-13(20-12)8-21-5-4-11(16)14(18)19/h1-3,6-7,11H,4-5,8,16H2,(H,18,19). The van der Waals surface area contributed by atoms with E-state index in [0.717, 1.165) is 5.56 Å². The van der Waals surface area contributed by atoms with Crippen LogP contribution in [-0.4, -0.2) is 27.9 Å². The Bertz CT molecular complexity index is 618. The van der Waals surface area contributed by atoms with Gasteiger partial charge in [0.25, 0.3) is 0 Å². The molecule has 0 spiro atoms. The van der Waals surface area contributed by atoms with Crippen molar-refractivity contribution in [2.75, 3.05) is 5.75 Å². The summed E-state index contributed by atoms with van der Waals surface area (Å²) in [6.07, 6.45) is 2.08. The smallest absolute Gasteiger partial charge is 0.320 e. The van der Waals surface area contributed by atoms with E-state index in [1.54, 1.807) is 12.3 Å². The second kappa shape index (κ2) is 7.49. The van der Waals surface area contributed by atoms with Crippen molar-refractivity contribution in [3.05, 3.63) is 41.4 Å².